The number of aryl methyl sites for hydroxylation is 1. The van der Waals surface area contributed by atoms with E-state index in [0.717, 1.165) is 12.8 Å². The Morgan fingerprint density at radius 1 is 1.48 bits per heavy atom. The lowest BCUT2D eigenvalue weighted by molar-refractivity contribution is 0.306. The van der Waals surface area contributed by atoms with Gasteiger partial charge in [0, 0.05) is 4.88 Å². The molecule has 21 heavy (non-hydrogen) atoms. The molecule has 5 nitrogen and oxygen atoms in total. The Balaban J connectivity index is 1.80. The normalized spacial score (nSPS) is 17.3. The van der Waals surface area contributed by atoms with Gasteiger partial charge in [0.2, 0.25) is 5.88 Å². The quantitative estimate of drug-likeness (QED) is 0.885. The Morgan fingerprint density at radius 2 is 2.38 bits per heavy atom. The van der Waals surface area contributed by atoms with Crippen LogP contribution in [0.1, 0.15) is 42.7 Å². The molecule has 2 aromatic rings. The van der Waals surface area contributed by atoms with Crippen LogP contribution < -0.4 is 15.8 Å². The molecule has 3 N–H and O–H groups in total. The highest BCUT2D eigenvalue weighted by atomic mass is 32.1. The van der Waals surface area contributed by atoms with Crippen LogP contribution in [-0.2, 0) is 6.42 Å². The van der Waals surface area contributed by atoms with Crippen molar-refractivity contribution >= 4 is 22.8 Å². The number of thiophene rings is 1. The summed E-state index contributed by atoms with van der Waals surface area (Å²) >= 11 is 1.83. The van der Waals surface area contributed by atoms with Crippen LogP contribution in [0.5, 0.6) is 5.88 Å². The molecule has 0 radical (unpaired) electrons. The molecule has 1 unspecified atom stereocenters. The molecule has 0 saturated carbocycles. The summed E-state index contributed by atoms with van der Waals surface area (Å²) in [6, 6.07) is 2.47. The number of nitrogens with one attached hydrogen (secondary N) is 1. The lowest BCUT2D eigenvalue weighted by Gasteiger charge is -2.24. The lowest BCUT2D eigenvalue weighted by atomic mass is 9.94. The fourth-order valence-corrected chi connectivity index (χ4v) is 3.60. The van der Waals surface area contributed by atoms with Crippen molar-refractivity contribution in [2.75, 3.05) is 17.7 Å². The zero-order valence-corrected chi connectivity index (χ0v) is 12.9. The number of anilines is 2. The van der Waals surface area contributed by atoms with Gasteiger partial charge in [-0.15, -0.1) is 11.3 Å². The molecule has 2 aromatic heterocycles. The van der Waals surface area contributed by atoms with Gasteiger partial charge < -0.3 is 15.8 Å². The van der Waals surface area contributed by atoms with Gasteiger partial charge in [0.1, 0.15) is 12.0 Å². The van der Waals surface area contributed by atoms with Gasteiger partial charge in [0.15, 0.2) is 5.82 Å². The molecular weight excluding hydrogens is 284 g/mol. The van der Waals surface area contributed by atoms with E-state index in [9.17, 15) is 0 Å². The maximum atomic E-state index is 6.13. The van der Waals surface area contributed by atoms with E-state index in [1.54, 1.807) is 0 Å². The molecule has 1 aliphatic rings. The van der Waals surface area contributed by atoms with Gasteiger partial charge in [-0.3, -0.25) is 0 Å². The first-order valence-electron chi connectivity index (χ1n) is 7.35. The minimum absolute atomic E-state index is 0.274. The largest absolute Gasteiger partial charge is 0.476 e. The highest BCUT2D eigenvalue weighted by Gasteiger charge is 2.22. The van der Waals surface area contributed by atoms with E-state index in [0.29, 0.717) is 24.0 Å². The number of fused-ring (bicyclic) bond motifs is 1. The Kier molecular flexibility index (Phi) is 4.24. The van der Waals surface area contributed by atoms with E-state index < -0.39 is 0 Å². The van der Waals surface area contributed by atoms with Gasteiger partial charge in [-0.25, -0.2) is 4.98 Å². The molecule has 6 heteroatoms. The molecule has 3 rings (SSSR count). The summed E-state index contributed by atoms with van der Waals surface area (Å²) in [5.41, 5.74) is 8.00. The first kappa shape index (κ1) is 14.1. The zero-order valence-electron chi connectivity index (χ0n) is 12.1. The van der Waals surface area contributed by atoms with Crippen molar-refractivity contribution in [2.45, 2.75) is 38.6 Å². The fraction of sp³-hybridized carbons (Fsp3) is 0.467. The monoisotopic (exact) mass is 304 g/mol. The average molecular weight is 304 g/mol. The summed E-state index contributed by atoms with van der Waals surface area (Å²) in [7, 11) is 0. The standard InChI is InChI=1S/C15H20N4OS/c1-2-7-20-15-13(16)14(17-9-18-15)19-11-4-3-5-12-10(11)6-8-21-12/h6,8-9,11H,2-5,7,16H2,1H3,(H,17,18,19). The van der Waals surface area contributed by atoms with Crippen molar-refractivity contribution in [3.63, 3.8) is 0 Å². The molecule has 112 valence electrons. The molecule has 0 amide bonds. The van der Waals surface area contributed by atoms with Crippen molar-refractivity contribution in [1.82, 2.24) is 9.97 Å². The number of nitrogen functional groups attached to an aromatic ring is 1. The number of aromatic nitrogens is 2. The molecule has 0 bridgehead atoms. The Labute approximate surface area is 128 Å². The van der Waals surface area contributed by atoms with Crippen LogP contribution in [-0.4, -0.2) is 16.6 Å². The first-order chi connectivity index (χ1) is 10.3. The Hall–Kier alpha value is -1.82. The first-order valence-corrected chi connectivity index (χ1v) is 8.23. The number of hydrogen-bond acceptors (Lipinski definition) is 6. The molecule has 2 heterocycles. The van der Waals surface area contributed by atoms with Crippen LogP contribution in [0, 0.1) is 0 Å². The summed E-state index contributed by atoms with van der Waals surface area (Å²) in [6.45, 7) is 2.66. The SMILES string of the molecule is CCCOc1ncnc(NC2CCCc3sccc32)c1N. The molecule has 0 aliphatic heterocycles. The van der Waals surface area contributed by atoms with E-state index in [1.807, 2.05) is 11.3 Å². The van der Waals surface area contributed by atoms with Crippen molar-refractivity contribution < 1.29 is 4.74 Å². The second-order valence-corrected chi connectivity index (χ2v) is 6.18. The van der Waals surface area contributed by atoms with Crippen molar-refractivity contribution in [1.29, 1.82) is 0 Å². The van der Waals surface area contributed by atoms with Gasteiger partial charge in [-0.1, -0.05) is 6.92 Å². The molecule has 0 fully saturated rings. The highest BCUT2D eigenvalue weighted by Crippen LogP contribution is 2.37. The summed E-state index contributed by atoms with van der Waals surface area (Å²) in [6.07, 6.45) is 5.89. The van der Waals surface area contributed by atoms with Crippen LogP contribution in [0.15, 0.2) is 17.8 Å². The maximum Gasteiger partial charge on any atom is 0.242 e. The predicted molar refractivity (Wildman–Crippen MR) is 85.9 cm³/mol. The Bertz CT molecular complexity index is 613. The number of hydrogen-bond donors (Lipinski definition) is 2. The third-order valence-corrected chi connectivity index (χ3v) is 4.65. The van der Waals surface area contributed by atoms with Crippen LogP contribution in [0.4, 0.5) is 11.5 Å². The third-order valence-electron chi connectivity index (χ3n) is 3.65. The summed E-state index contributed by atoms with van der Waals surface area (Å²) < 4.78 is 5.56. The van der Waals surface area contributed by atoms with E-state index in [4.69, 9.17) is 10.5 Å². The molecular formula is C15H20N4OS. The smallest absolute Gasteiger partial charge is 0.242 e. The second-order valence-electron chi connectivity index (χ2n) is 5.18. The lowest BCUT2D eigenvalue weighted by Crippen LogP contribution is -2.17. The van der Waals surface area contributed by atoms with Gasteiger partial charge in [-0.05, 0) is 42.7 Å². The highest BCUT2D eigenvalue weighted by molar-refractivity contribution is 7.10. The van der Waals surface area contributed by atoms with E-state index in [-0.39, 0.29) is 6.04 Å². The van der Waals surface area contributed by atoms with Gasteiger partial charge in [-0.2, -0.15) is 4.98 Å². The van der Waals surface area contributed by atoms with E-state index >= 15 is 0 Å². The molecule has 1 aliphatic carbocycles. The molecule has 0 spiro atoms. The Morgan fingerprint density at radius 3 is 3.24 bits per heavy atom. The summed E-state index contributed by atoms with van der Waals surface area (Å²) in [5, 5.41) is 5.62. The predicted octanol–water partition coefficient (Wildman–Crippen LogP) is 3.40. The van der Waals surface area contributed by atoms with Gasteiger partial charge in [0.05, 0.1) is 12.6 Å². The van der Waals surface area contributed by atoms with Crippen LogP contribution in [0.2, 0.25) is 0 Å². The molecule has 1 atom stereocenters. The van der Waals surface area contributed by atoms with Crippen molar-refractivity contribution in [3.05, 3.63) is 28.2 Å². The average Bonchev–Trinajstić information content (AvgIpc) is 2.98. The van der Waals surface area contributed by atoms with Gasteiger partial charge in [0.25, 0.3) is 0 Å². The topological polar surface area (TPSA) is 73.1 Å². The minimum atomic E-state index is 0.274. The number of rotatable bonds is 5. The summed E-state index contributed by atoms with van der Waals surface area (Å²) in [4.78, 5) is 9.85. The third kappa shape index (κ3) is 2.95. The van der Waals surface area contributed by atoms with Crippen LogP contribution >= 0.6 is 11.3 Å². The van der Waals surface area contributed by atoms with Gasteiger partial charge >= 0.3 is 0 Å². The molecule has 0 aromatic carbocycles. The van der Waals surface area contributed by atoms with Crippen molar-refractivity contribution in [2.24, 2.45) is 0 Å². The minimum Gasteiger partial charge on any atom is -0.476 e. The van der Waals surface area contributed by atoms with Crippen LogP contribution in [0.3, 0.4) is 0 Å². The zero-order chi connectivity index (χ0) is 14.7. The summed E-state index contributed by atoms with van der Waals surface area (Å²) in [5.74, 6) is 1.14. The number of nitrogens with two attached hydrogens (primary N) is 1. The van der Waals surface area contributed by atoms with Crippen molar-refractivity contribution in [3.8, 4) is 5.88 Å². The fourth-order valence-electron chi connectivity index (χ4n) is 2.61. The van der Waals surface area contributed by atoms with E-state index in [1.165, 1.54) is 29.6 Å². The molecule has 0 saturated heterocycles. The maximum absolute atomic E-state index is 6.13. The number of ether oxygens (including phenoxy) is 1. The van der Waals surface area contributed by atoms with Crippen LogP contribution in [0.25, 0.3) is 0 Å². The number of nitrogens with zero attached hydrogens (tertiary/aromatic N) is 2. The second kappa shape index (κ2) is 6.30. The van der Waals surface area contributed by atoms with E-state index in [2.05, 4.69) is 33.7 Å².